The van der Waals surface area contributed by atoms with E-state index in [2.05, 4.69) is 5.32 Å². The molecule has 4 nitrogen and oxygen atoms in total. The molecule has 1 aliphatic carbocycles. The molecule has 0 saturated heterocycles. The standard InChI is InChI=1S/C12H23NO3/c1-3-12(6-4-5-7-12)10(16)13-11(2,8-14)9-15/h14-15H,3-9H2,1-2H3,(H,13,16). The van der Waals surface area contributed by atoms with E-state index in [9.17, 15) is 4.79 Å². The number of carbonyl (C=O) groups excluding carboxylic acids is 1. The summed E-state index contributed by atoms with van der Waals surface area (Å²) in [6, 6.07) is 0. The molecule has 1 aliphatic rings. The molecular formula is C12H23NO3. The number of nitrogens with one attached hydrogen (secondary N) is 1. The van der Waals surface area contributed by atoms with E-state index in [0.717, 1.165) is 32.1 Å². The van der Waals surface area contributed by atoms with Crippen LogP contribution in [0, 0.1) is 5.41 Å². The van der Waals surface area contributed by atoms with Gasteiger partial charge in [-0.3, -0.25) is 4.79 Å². The third-order valence-electron chi connectivity index (χ3n) is 3.83. The van der Waals surface area contributed by atoms with Gasteiger partial charge in [-0.15, -0.1) is 0 Å². The van der Waals surface area contributed by atoms with Crippen LogP contribution in [0.3, 0.4) is 0 Å². The molecule has 1 amide bonds. The minimum absolute atomic E-state index is 0.0156. The summed E-state index contributed by atoms with van der Waals surface area (Å²) in [5.41, 5.74) is -1.17. The van der Waals surface area contributed by atoms with Crippen LogP contribution in [0.1, 0.15) is 46.0 Å². The van der Waals surface area contributed by atoms with Gasteiger partial charge < -0.3 is 15.5 Å². The van der Waals surface area contributed by atoms with E-state index < -0.39 is 5.54 Å². The van der Waals surface area contributed by atoms with Gasteiger partial charge in [0.05, 0.1) is 18.8 Å². The Morgan fingerprint density at radius 2 is 1.81 bits per heavy atom. The van der Waals surface area contributed by atoms with Crippen molar-refractivity contribution in [3.8, 4) is 0 Å². The quantitative estimate of drug-likeness (QED) is 0.653. The van der Waals surface area contributed by atoms with Gasteiger partial charge in [0, 0.05) is 5.41 Å². The first-order chi connectivity index (χ1) is 7.52. The van der Waals surface area contributed by atoms with Crippen LogP contribution >= 0.6 is 0 Å². The highest BCUT2D eigenvalue weighted by Crippen LogP contribution is 2.41. The van der Waals surface area contributed by atoms with Crippen LogP contribution in [0.4, 0.5) is 0 Å². The van der Waals surface area contributed by atoms with Crippen molar-refractivity contribution in [2.45, 2.75) is 51.5 Å². The van der Waals surface area contributed by atoms with Crippen molar-refractivity contribution in [1.29, 1.82) is 0 Å². The van der Waals surface area contributed by atoms with Crippen LogP contribution in [0.25, 0.3) is 0 Å². The number of rotatable bonds is 5. The fourth-order valence-electron chi connectivity index (χ4n) is 2.33. The van der Waals surface area contributed by atoms with Gasteiger partial charge in [0.2, 0.25) is 5.91 Å². The molecular weight excluding hydrogens is 206 g/mol. The summed E-state index contributed by atoms with van der Waals surface area (Å²) in [4.78, 5) is 12.2. The van der Waals surface area contributed by atoms with Crippen molar-refractivity contribution in [2.24, 2.45) is 5.41 Å². The molecule has 0 atom stereocenters. The topological polar surface area (TPSA) is 69.6 Å². The van der Waals surface area contributed by atoms with Crippen molar-refractivity contribution in [1.82, 2.24) is 5.32 Å². The van der Waals surface area contributed by atoms with Crippen LogP contribution in [0.5, 0.6) is 0 Å². The van der Waals surface area contributed by atoms with Crippen LogP contribution in [0.2, 0.25) is 0 Å². The Hall–Kier alpha value is -0.610. The maximum atomic E-state index is 12.2. The van der Waals surface area contributed by atoms with Crippen molar-refractivity contribution in [3.05, 3.63) is 0 Å². The Morgan fingerprint density at radius 1 is 1.31 bits per heavy atom. The highest BCUT2D eigenvalue weighted by atomic mass is 16.3. The maximum Gasteiger partial charge on any atom is 0.226 e. The second kappa shape index (κ2) is 5.15. The van der Waals surface area contributed by atoms with Crippen molar-refractivity contribution < 1.29 is 15.0 Å². The zero-order valence-electron chi connectivity index (χ0n) is 10.3. The van der Waals surface area contributed by atoms with Crippen LogP contribution in [-0.2, 0) is 4.79 Å². The zero-order chi connectivity index (χ0) is 12.2. The van der Waals surface area contributed by atoms with Gasteiger partial charge in [-0.25, -0.2) is 0 Å². The Kier molecular flexibility index (Phi) is 4.33. The number of hydrogen-bond donors (Lipinski definition) is 3. The monoisotopic (exact) mass is 229 g/mol. The summed E-state index contributed by atoms with van der Waals surface area (Å²) < 4.78 is 0. The summed E-state index contributed by atoms with van der Waals surface area (Å²) in [5, 5.41) is 21.1. The summed E-state index contributed by atoms with van der Waals surface area (Å²) in [6.45, 7) is 3.20. The Morgan fingerprint density at radius 3 is 2.19 bits per heavy atom. The smallest absolute Gasteiger partial charge is 0.226 e. The molecule has 0 radical (unpaired) electrons. The summed E-state index contributed by atoms with van der Waals surface area (Å²) in [6.07, 6.45) is 4.85. The summed E-state index contributed by atoms with van der Waals surface area (Å²) in [5.74, 6) is -0.0156. The molecule has 1 rings (SSSR count). The third kappa shape index (κ3) is 2.55. The lowest BCUT2D eigenvalue weighted by Gasteiger charge is -2.33. The van der Waals surface area contributed by atoms with E-state index in [1.807, 2.05) is 6.92 Å². The molecule has 4 heteroatoms. The molecule has 1 saturated carbocycles. The van der Waals surface area contributed by atoms with Crippen molar-refractivity contribution >= 4 is 5.91 Å². The number of amides is 1. The van der Waals surface area contributed by atoms with Crippen molar-refractivity contribution in [3.63, 3.8) is 0 Å². The average molecular weight is 229 g/mol. The molecule has 0 heterocycles. The number of aliphatic hydroxyl groups excluding tert-OH is 2. The van der Waals surface area contributed by atoms with E-state index in [1.54, 1.807) is 6.92 Å². The zero-order valence-corrected chi connectivity index (χ0v) is 10.3. The third-order valence-corrected chi connectivity index (χ3v) is 3.83. The number of carbonyl (C=O) groups is 1. The van der Waals surface area contributed by atoms with E-state index in [-0.39, 0.29) is 24.5 Å². The molecule has 0 aliphatic heterocycles. The largest absolute Gasteiger partial charge is 0.394 e. The van der Waals surface area contributed by atoms with Gasteiger partial charge in [-0.2, -0.15) is 0 Å². The Balaban J connectivity index is 2.70. The minimum atomic E-state index is -0.901. The van der Waals surface area contributed by atoms with E-state index in [4.69, 9.17) is 10.2 Å². The molecule has 0 aromatic heterocycles. The van der Waals surface area contributed by atoms with Gasteiger partial charge in [0.1, 0.15) is 0 Å². The van der Waals surface area contributed by atoms with Crippen molar-refractivity contribution in [2.75, 3.05) is 13.2 Å². The molecule has 1 fully saturated rings. The Bertz CT molecular complexity index is 243. The summed E-state index contributed by atoms with van der Waals surface area (Å²) >= 11 is 0. The fourth-order valence-corrected chi connectivity index (χ4v) is 2.33. The number of hydrogen-bond acceptors (Lipinski definition) is 3. The maximum absolute atomic E-state index is 12.2. The highest BCUT2D eigenvalue weighted by molar-refractivity contribution is 5.83. The van der Waals surface area contributed by atoms with Gasteiger partial charge >= 0.3 is 0 Å². The fraction of sp³-hybridized carbons (Fsp3) is 0.917. The summed E-state index contributed by atoms with van der Waals surface area (Å²) in [7, 11) is 0. The lowest BCUT2D eigenvalue weighted by molar-refractivity contribution is -0.134. The SMILES string of the molecule is CCC1(C(=O)NC(C)(CO)CO)CCCC1. The average Bonchev–Trinajstić information content (AvgIpc) is 2.78. The normalized spacial score (nSPS) is 19.8. The highest BCUT2D eigenvalue weighted by Gasteiger charge is 2.41. The van der Waals surface area contributed by atoms with Crippen LogP contribution < -0.4 is 5.32 Å². The first-order valence-electron chi connectivity index (χ1n) is 6.06. The van der Waals surface area contributed by atoms with E-state index >= 15 is 0 Å². The van der Waals surface area contributed by atoms with Gasteiger partial charge in [-0.1, -0.05) is 19.8 Å². The molecule has 3 N–H and O–H groups in total. The number of aliphatic hydroxyl groups is 2. The molecule has 0 aromatic rings. The molecule has 16 heavy (non-hydrogen) atoms. The first kappa shape index (κ1) is 13.5. The molecule has 0 aromatic carbocycles. The van der Waals surface area contributed by atoms with Gasteiger partial charge in [-0.05, 0) is 26.2 Å². The molecule has 94 valence electrons. The predicted octanol–water partition coefficient (Wildman–Crippen LogP) is 0.816. The van der Waals surface area contributed by atoms with E-state index in [0.29, 0.717) is 0 Å². The molecule has 0 unspecified atom stereocenters. The second-order valence-corrected chi connectivity index (χ2v) is 5.17. The van der Waals surface area contributed by atoms with Crippen LogP contribution in [0.15, 0.2) is 0 Å². The van der Waals surface area contributed by atoms with Crippen LogP contribution in [-0.4, -0.2) is 34.9 Å². The Labute approximate surface area is 97.0 Å². The van der Waals surface area contributed by atoms with E-state index in [1.165, 1.54) is 0 Å². The lowest BCUT2D eigenvalue weighted by Crippen LogP contribution is -2.55. The first-order valence-corrected chi connectivity index (χ1v) is 6.06. The lowest BCUT2D eigenvalue weighted by atomic mass is 9.81. The van der Waals surface area contributed by atoms with Gasteiger partial charge in [0.25, 0.3) is 0 Å². The van der Waals surface area contributed by atoms with Gasteiger partial charge in [0.15, 0.2) is 0 Å². The second-order valence-electron chi connectivity index (χ2n) is 5.17. The predicted molar refractivity (Wildman–Crippen MR) is 61.9 cm³/mol. The molecule has 0 spiro atoms. The minimum Gasteiger partial charge on any atom is -0.394 e. The molecule has 0 bridgehead atoms.